The van der Waals surface area contributed by atoms with Gasteiger partial charge in [0.05, 0.1) is 19.3 Å². The highest BCUT2D eigenvalue weighted by atomic mass is 16.4. The lowest BCUT2D eigenvalue weighted by Gasteiger charge is -2.05. The largest absolute Gasteiger partial charge is 0.481 e. The third-order valence-corrected chi connectivity index (χ3v) is 2.82. The van der Waals surface area contributed by atoms with Gasteiger partial charge < -0.3 is 15.7 Å². The molecule has 0 saturated carbocycles. The molecule has 2 rings (SSSR count). The summed E-state index contributed by atoms with van der Waals surface area (Å²) >= 11 is 0. The maximum atomic E-state index is 11.6. The van der Waals surface area contributed by atoms with E-state index in [4.69, 9.17) is 5.11 Å². The van der Waals surface area contributed by atoms with Crippen molar-refractivity contribution in [2.24, 2.45) is 0 Å². The maximum Gasteiger partial charge on any atom is 0.305 e. The Balaban J connectivity index is 1.89. The van der Waals surface area contributed by atoms with E-state index >= 15 is 0 Å². The van der Waals surface area contributed by atoms with Crippen LogP contribution in [0.1, 0.15) is 17.5 Å². The van der Waals surface area contributed by atoms with Crippen LogP contribution < -0.4 is 10.6 Å². The third kappa shape index (κ3) is 3.54. The first-order valence-corrected chi connectivity index (χ1v) is 5.95. The molecule has 1 aromatic carbocycles. The van der Waals surface area contributed by atoms with Crippen LogP contribution in [0.25, 0.3) is 0 Å². The van der Waals surface area contributed by atoms with E-state index in [1.165, 1.54) is 0 Å². The van der Waals surface area contributed by atoms with Crippen LogP contribution in [0.3, 0.4) is 0 Å². The molecule has 0 spiro atoms. The molecule has 0 aromatic heterocycles. The SMILES string of the molecule is O=C(O)CCNC(=O)Cc1ccc2c(c1)CC(=O)N2. The van der Waals surface area contributed by atoms with E-state index in [0.717, 1.165) is 16.8 Å². The minimum atomic E-state index is -0.942. The smallest absolute Gasteiger partial charge is 0.305 e. The maximum absolute atomic E-state index is 11.6. The average Bonchev–Trinajstić information content (AvgIpc) is 2.67. The second kappa shape index (κ2) is 5.51. The summed E-state index contributed by atoms with van der Waals surface area (Å²) < 4.78 is 0. The second-order valence-electron chi connectivity index (χ2n) is 4.39. The topological polar surface area (TPSA) is 95.5 Å². The fraction of sp³-hybridized carbons (Fsp3) is 0.308. The van der Waals surface area contributed by atoms with Gasteiger partial charge in [0.25, 0.3) is 0 Å². The Hall–Kier alpha value is -2.37. The molecule has 0 radical (unpaired) electrons. The zero-order chi connectivity index (χ0) is 13.8. The minimum absolute atomic E-state index is 0.0435. The third-order valence-electron chi connectivity index (χ3n) is 2.82. The summed E-state index contributed by atoms with van der Waals surface area (Å²) in [6.45, 7) is 0.124. The molecule has 0 aliphatic carbocycles. The summed E-state index contributed by atoms with van der Waals surface area (Å²) in [4.78, 5) is 33.1. The molecule has 19 heavy (non-hydrogen) atoms. The van der Waals surface area contributed by atoms with E-state index in [-0.39, 0.29) is 31.2 Å². The first-order chi connectivity index (χ1) is 9.04. The molecule has 1 heterocycles. The number of carbonyl (C=O) groups is 3. The number of amides is 2. The van der Waals surface area contributed by atoms with Gasteiger partial charge in [-0.2, -0.15) is 0 Å². The van der Waals surface area contributed by atoms with Gasteiger partial charge in [-0.3, -0.25) is 14.4 Å². The summed E-state index contributed by atoms with van der Waals surface area (Å²) in [5.74, 6) is -1.21. The van der Waals surface area contributed by atoms with Crippen molar-refractivity contribution < 1.29 is 19.5 Å². The lowest BCUT2D eigenvalue weighted by atomic mass is 10.1. The molecule has 0 atom stereocenters. The molecular formula is C13H14N2O4. The van der Waals surface area contributed by atoms with E-state index in [2.05, 4.69) is 10.6 Å². The van der Waals surface area contributed by atoms with Crippen LogP contribution >= 0.6 is 0 Å². The Morgan fingerprint density at radius 1 is 1.37 bits per heavy atom. The van der Waals surface area contributed by atoms with Crippen molar-refractivity contribution in [3.8, 4) is 0 Å². The van der Waals surface area contributed by atoms with Crippen LogP contribution in [0.15, 0.2) is 18.2 Å². The molecule has 6 heteroatoms. The van der Waals surface area contributed by atoms with Crippen LogP contribution in [0.4, 0.5) is 5.69 Å². The van der Waals surface area contributed by atoms with Crippen molar-refractivity contribution in [3.05, 3.63) is 29.3 Å². The zero-order valence-corrected chi connectivity index (χ0v) is 10.2. The van der Waals surface area contributed by atoms with Crippen LogP contribution in [-0.2, 0) is 27.2 Å². The van der Waals surface area contributed by atoms with Gasteiger partial charge >= 0.3 is 5.97 Å². The Kier molecular flexibility index (Phi) is 3.79. The summed E-state index contributed by atoms with van der Waals surface area (Å²) in [7, 11) is 0. The average molecular weight is 262 g/mol. The molecule has 3 N–H and O–H groups in total. The van der Waals surface area contributed by atoms with Crippen molar-refractivity contribution in [3.63, 3.8) is 0 Å². The van der Waals surface area contributed by atoms with Crippen molar-refractivity contribution in [2.75, 3.05) is 11.9 Å². The minimum Gasteiger partial charge on any atom is -0.481 e. The molecular weight excluding hydrogens is 248 g/mol. The first-order valence-electron chi connectivity index (χ1n) is 5.95. The molecule has 1 aromatic rings. The van der Waals surface area contributed by atoms with Crippen LogP contribution in [-0.4, -0.2) is 29.4 Å². The highest BCUT2D eigenvalue weighted by molar-refractivity contribution is 5.99. The standard InChI is InChI=1S/C13H14N2O4/c16-11(14-4-3-13(18)19)6-8-1-2-10-9(5-8)7-12(17)15-10/h1-2,5H,3-4,6-7H2,(H,14,16)(H,15,17)(H,18,19). The first kappa shape index (κ1) is 13.1. The summed E-state index contributed by atoms with van der Waals surface area (Å²) in [6.07, 6.45) is 0.430. The number of anilines is 1. The highest BCUT2D eigenvalue weighted by Crippen LogP contribution is 2.23. The monoisotopic (exact) mass is 262 g/mol. The molecule has 2 amide bonds. The van der Waals surface area contributed by atoms with Crippen LogP contribution in [0.2, 0.25) is 0 Å². The number of benzene rings is 1. The van der Waals surface area contributed by atoms with Gasteiger partial charge in [0.1, 0.15) is 0 Å². The van der Waals surface area contributed by atoms with Crippen molar-refractivity contribution in [1.29, 1.82) is 0 Å². The molecule has 100 valence electrons. The molecule has 1 aliphatic rings. The molecule has 0 fully saturated rings. The number of hydrogen-bond acceptors (Lipinski definition) is 3. The van der Waals surface area contributed by atoms with Gasteiger partial charge in [-0.15, -0.1) is 0 Å². The fourth-order valence-corrected chi connectivity index (χ4v) is 1.95. The summed E-state index contributed by atoms with van der Waals surface area (Å²) in [6, 6.07) is 5.38. The number of rotatable bonds is 5. The number of carboxylic acids is 1. The van der Waals surface area contributed by atoms with Crippen LogP contribution in [0.5, 0.6) is 0 Å². The second-order valence-corrected chi connectivity index (χ2v) is 4.39. The van der Waals surface area contributed by atoms with Crippen molar-refractivity contribution >= 4 is 23.5 Å². The van der Waals surface area contributed by atoms with Crippen molar-refractivity contribution in [2.45, 2.75) is 19.3 Å². The van der Waals surface area contributed by atoms with E-state index < -0.39 is 5.97 Å². The molecule has 0 saturated heterocycles. The van der Waals surface area contributed by atoms with E-state index in [1.54, 1.807) is 12.1 Å². The number of carboxylic acid groups (broad SMARTS) is 1. The molecule has 0 unspecified atom stereocenters. The molecule has 0 bridgehead atoms. The summed E-state index contributed by atoms with van der Waals surface area (Å²) in [5, 5.41) is 13.7. The Morgan fingerprint density at radius 3 is 2.89 bits per heavy atom. The number of aliphatic carboxylic acids is 1. The molecule has 1 aliphatic heterocycles. The Bertz CT molecular complexity index is 539. The summed E-state index contributed by atoms with van der Waals surface area (Å²) in [5.41, 5.74) is 2.49. The van der Waals surface area contributed by atoms with Crippen molar-refractivity contribution in [1.82, 2.24) is 5.32 Å². The van der Waals surface area contributed by atoms with E-state index in [1.807, 2.05) is 6.07 Å². The number of carbonyl (C=O) groups excluding carboxylic acids is 2. The predicted molar refractivity (Wildman–Crippen MR) is 67.7 cm³/mol. The number of fused-ring (bicyclic) bond motifs is 1. The van der Waals surface area contributed by atoms with Gasteiger partial charge in [0.15, 0.2) is 0 Å². The number of hydrogen-bond donors (Lipinski definition) is 3. The molecule has 6 nitrogen and oxygen atoms in total. The lowest BCUT2D eigenvalue weighted by Crippen LogP contribution is -2.27. The van der Waals surface area contributed by atoms with Gasteiger partial charge in [-0.25, -0.2) is 0 Å². The zero-order valence-electron chi connectivity index (χ0n) is 10.2. The predicted octanol–water partition coefficient (Wildman–Crippen LogP) is 0.315. The number of nitrogens with one attached hydrogen (secondary N) is 2. The van der Waals surface area contributed by atoms with Gasteiger partial charge in [-0.05, 0) is 17.2 Å². The Labute approximate surface area is 109 Å². The highest BCUT2D eigenvalue weighted by Gasteiger charge is 2.17. The van der Waals surface area contributed by atoms with E-state index in [9.17, 15) is 14.4 Å². The quantitative estimate of drug-likeness (QED) is 0.711. The Morgan fingerprint density at radius 2 is 2.16 bits per heavy atom. The van der Waals surface area contributed by atoms with Gasteiger partial charge in [-0.1, -0.05) is 12.1 Å². The van der Waals surface area contributed by atoms with Crippen LogP contribution in [0, 0.1) is 0 Å². The van der Waals surface area contributed by atoms with E-state index in [0.29, 0.717) is 6.42 Å². The van der Waals surface area contributed by atoms with Gasteiger partial charge in [0.2, 0.25) is 11.8 Å². The fourth-order valence-electron chi connectivity index (χ4n) is 1.95. The normalized spacial score (nSPS) is 12.7. The lowest BCUT2D eigenvalue weighted by molar-refractivity contribution is -0.137. The van der Waals surface area contributed by atoms with Gasteiger partial charge in [0, 0.05) is 12.2 Å².